The van der Waals surface area contributed by atoms with Gasteiger partial charge in [0.05, 0.1) is 28.4 Å². The molecule has 2 amide bonds. The molecule has 8 nitrogen and oxygen atoms in total. The Morgan fingerprint density at radius 2 is 1.84 bits per heavy atom. The summed E-state index contributed by atoms with van der Waals surface area (Å²) in [6.45, 7) is 0.103. The molecule has 3 aromatic carbocycles. The van der Waals surface area contributed by atoms with E-state index < -0.39 is 17.8 Å². The van der Waals surface area contributed by atoms with E-state index in [0.29, 0.717) is 22.6 Å². The fourth-order valence-corrected chi connectivity index (χ4v) is 4.21. The van der Waals surface area contributed by atoms with Crippen LogP contribution in [0.3, 0.4) is 0 Å². The summed E-state index contributed by atoms with van der Waals surface area (Å²) in [7, 11) is 1.45. The molecule has 0 spiro atoms. The van der Waals surface area contributed by atoms with Crippen molar-refractivity contribution in [1.82, 2.24) is 5.32 Å². The Kier molecular flexibility index (Phi) is 7.77. The van der Waals surface area contributed by atoms with Gasteiger partial charge in [-0.15, -0.1) is 0 Å². The predicted octanol–water partition coefficient (Wildman–Crippen LogP) is 5.11. The first-order chi connectivity index (χ1) is 17.7. The highest BCUT2D eigenvalue weighted by atomic mass is 35.5. The summed E-state index contributed by atoms with van der Waals surface area (Å²) in [6.07, 6.45) is 1.40. The molecule has 0 bridgehead atoms. The van der Waals surface area contributed by atoms with E-state index in [-0.39, 0.29) is 38.6 Å². The van der Waals surface area contributed by atoms with E-state index in [1.807, 2.05) is 0 Å². The number of nitrogens with one attached hydrogen (secondary N) is 1. The molecule has 11 heteroatoms. The highest BCUT2D eigenvalue weighted by molar-refractivity contribution is 7.80. The zero-order chi connectivity index (χ0) is 26.7. The van der Waals surface area contributed by atoms with E-state index in [4.69, 9.17) is 50.0 Å². The number of anilines is 1. The van der Waals surface area contributed by atoms with E-state index in [0.717, 1.165) is 4.90 Å². The van der Waals surface area contributed by atoms with Crippen LogP contribution in [0.5, 0.6) is 11.5 Å². The van der Waals surface area contributed by atoms with Gasteiger partial charge in [-0.1, -0.05) is 47.5 Å². The van der Waals surface area contributed by atoms with Crippen molar-refractivity contribution in [3.8, 4) is 11.5 Å². The average Bonchev–Trinajstić information content (AvgIpc) is 2.88. The zero-order valence-electron chi connectivity index (χ0n) is 19.2. The van der Waals surface area contributed by atoms with Crippen molar-refractivity contribution in [3.05, 3.63) is 93.0 Å². The Bertz CT molecular complexity index is 1470. The molecule has 188 valence electrons. The number of hydrogen-bond acceptors (Lipinski definition) is 6. The topological polar surface area (TPSA) is 105 Å². The normalized spacial score (nSPS) is 14.5. The Labute approximate surface area is 227 Å². The summed E-state index contributed by atoms with van der Waals surface area (Å²) in [5, 5.41) is 11.9. The van der Waals surface area contributed by atoms with Crippen LogP contribution in [-0.4, -0.2) is 35.1 Å². The van der Waals surface area contributed by atoms with Gasteiger partial charge >= 0.3 is 5.97 Å². The maximum absolute atomic E-state index is 13.3. The summed E-state index contributed by atoms with van der Waals surface area (Å²) in [6, 6.07) is 16.0. The van der Waals surface area contributed by atoms with Gasteiger partial charge in [0, 0.05) is 0 Å². The number of amides is 2. The minimum Gasteiger partial charge on any atom is -0.493 e. The number of ether oxygens (including phenoxy) is 2. The first-order valence-electron chi connectivity index (χ1n) is 10.7. The molecule has 1 aliphatic rings. The van der Waals surface area contributed by atoms with Gasteiger partial charge in [-0.05, 0) is 65.8 Å². The number of carboxylic acids is 1. The van der Waals surface area contributed by atoms with Crippen LogP contribution in [0, 0.1) is 0 Å². The van der Waals surface area contributed by atoms with Crippen LogP contribution in [0.15, 0.2) is 66.2 Å². The van der Waals surface area contributed by atoms with Gasteiger partial charge in [0.2, 0.25) is 0 Å². The van der Waals surface area contributed by atoms with E-state index in [2.05, 4.69) is 5.32 Å². The number of rotatable bonds is 7. The van der Waals surface area contributed by atoms with Gasteiger partial charge in [0.25, 0.3) is 11.8 Å². The van der Waals surface area contributed by atoms with Crippen LogP contribution in [0.4, 0.5) is 5.69 Å². The molecule has 0 atom stereocenters. The molecule has 1 aliphatic heterocycles. The minimum atomic E-state index is -1.03. The highest BCUT2D eigenvalue weighted by Gasteiger charge is 2.35. The number of nitrogens with zero attached hydrogens (tertiary/aromatic N) is 1. The largest absolute Gasteiger partial charge is 0.493 e. The standard InChI is InChI=1S/C26H18Cl2N2O6S/c1-35-21-12-14(8-9-20(21)36-13-15-4-2-5-16(10-15)25(33)34)11-17-23(31)29-26(37)30(24(17)32)19-7-3-6-18(27)22(19)28/h2-12H,13H2,1H3,(H,33,34)(H,29,31,37)/b17-11+. The fourth-order valence-electron chi connectivity index (χ4n) is 3.56. The summed E-state index contributed by atoms with van der Waals surface area (Å²) < 4.78 is 11.2. The molecule has 1 heterocycles. The first kappa shape index (κ1) is 26.2. The third-order valence-electron chi connectivity index (χ3n) is 5.34. The molecule has 0 radical (unpaired) electrons. The Balaban J connectivity index is 1.60. The van der Waals surface area contributed by atoms with Crippen molar-refractivity contribution < 1.29 is 29.0 Å². The number of hydrogen-bond donors (Lipinski definition) is 2. The molecule has 2 N–H and O–H groups in total. The van der Waals surface area contributed by atoms with Gasteiger partial charge in [-0.25, -0.2) is 4.79 Å². The van der Waals surface area contributed by atoms with Crippen LogP contribution in [0.1, 0.15) is 21.5 Å². The smallest absolute Gasteiger partial charge is 0.335 e. The molecular formula is C26H18Cl2N2O6S. The summed E-state index contributed by atoms with van der Waals surface area (Å²) in [4.78, 5) is 38.2. The lowest BCUT2D eigenvalue weighted by Crippen LogP contribution is -2.54. The fraction of sp³-hybridized carbons (Fsp3) is 0.0769. The van der Waals surface area contributed by atoms with Crippen LogP contribution in [0.25, 0.3) is 6.08 Å². The Morgan fingerprint density at radius 1 is 1.08 bits per heavy atom. The van der Waals surface area contributed by atoms with Crippen LogP contribution in [-0.2, 0) is 16.2 Å². The lowest BCUT2D eigenvalue weighted by molar-refractivity contribution is -0.122. The second-order valence-electron chi connectivity index (χ2n) is 7.74. The number of carboxylic acid groups (broad SMARTS) is 1. The predicted molar refractivity (Wildman–Crippen MR) is 143 cm³/mol. The molecule has 0 aromatic heterocycles. The van der Waals surface area contributed by atoms with Crippen molar-refractivity contribution in [2.24, 2.45) is 0 Å². The average molecular weight is 557 g/mol. The molecule has 0 saturated carbocycles. The number of benzene rings is 3. The van der Waals surface area contributed by atoms with Crippen molar-refractivity contribution >= 4 is 70.1 Å². The second kappa shape index (κ2) is 11.0. The van der Waals surface area contributed by atoms with E-state index in [1.54, 1.807) is 48.5 Å². The van der Waals surface area contributed by atoms with E-state index in [1.165, 1.54) is 25.3 Å². The summed E-state index contributed by atoms with van der Waals surface area (Å²) in [5.74, 6) is -1.64. The van der Waals surface area contributed by atoms with Crippen molar-refractivity contribution in [3.63, 3.8) is 0 Å². The Hall–Kier alpha value is -3.92. The minimum absolute atomic E-state index is 0.103. The van der Waals surface area contributed by atoms with Gasteiger partial charge < -0.3 is 14.6 Å². The molecule has 1 saturated heterocycles. The monoisotopic (exact) mass is 556 g/mol. The lowest BCUT2D eigenvalue weighted by atomic mass is 10.1. The Morgan fingerprint density at radius 3 is 2.57 bits per heavy atom. The maximum Gasteiger partial charge on any atom is 0.335 e. The quantitative estimate of drug-likeness (QED) is 0.236. The zero-order valence-corrected chi connectivity index (χ0v) is 21.5. The molecule has 1 fully saturated rings. The molecule has 3 aromatic rings. The number of halogens is 2. The van der Waals surface area contributed by atoms with Crippen molar-refractivity contribution in [2.75, 3.05) is 12.0 Å². The van der Waals surface area contributed by atoms with Gasteiger partial charge in [-0.2, -0.15) is 0 Å². The molecule has 4 rings (SSSR count). The molecule has 37 heavy (non-hydrogen) atoms. The third-order valence-corrected chi connectivity index (χ3v) is 6.43. The maximum atomic E-state index is 13.3. The van der Waals surface area contributed by atoms with Crippen LogP contribution in [0.2, 0.25) is 10.0 Å². The summed E-state index contributed by atoms with van der Waals surface area (Å²) >= 11 is 17.6. The second-order valence-corrected chi connectivity index (χ2v) is 8.91. The van der Waals surface area contributed by atoms with Gasteiger partial charge in [0.15, 0.2) is 16.6 Å². The molecule has 0 unspecified atom stereocenters. The van der Waals surface area contributed by atoms with Gasteiger partial charge in [-0.3, -0.25) is 19.8 Å². The van der Waals surface area contributed by atoms with Crippen molar-refractivity contribution in [2.45, 2.75) is 6.61 Å². The third kappa shape index (κ3) is 5.59. The van der Waals surface area contributed by atoms with Crippen molar-refractivity contribution in [1.29, 1.82) is 0 Å². The SMILES string of the molecule is COc1cc(/C=C2\C(=O)NC(=S)N(c3cccc(Cl)c3Cl)C2=O)ccc1OCc1cccc(C(=O)O)c1. The highest BCUT2D eigenvalue weighted by Crippen LogP contribution is 2.35. The number of thiocarbonyl (C=S) groups is 1. The number of carbonyl (C=O) groups excluding carboxylic acids is 2. The van der Waals surface area contributed by atoms with Gasteiger partial charge in [0.1, 0.15) is 12.2 Å². The lowest BCUT2D eigenvalue weighted by Gasteiger charge is -2.29. The first-order valence-corrected chi connectivity index (χ1v) is 11.8. The number of methoxy groups -OCH3 is 1. The van der Waals surface area contributed by atoms with Crippen LogP contribution < -0.4 is 19.7 Å². The molecular weight excluding hydrogens is 539 g/mol. The summed E-state index contributed by atoms with van der Waals surface area (Å²) in [5.41, 5.74) is 1.36. The van der Waals surface area contributed by atoms with Crippen LogP contribution >= 0.6 is 35.4 Å². The molecule has 0 aliphatic carbocycles. The van der Waals surface area contributed by atoms with E-state index in [9.17, 15) is 14.4 Å². The number of carbonyl (C=O) groups is 3. The van der Waals surface area contributed by atoms with E-state index >= 15 is 0 Å². The number of aromatic carboxylic acids is 1.